The topological polar surface area (TPSA) is 112 Å². The number of nitrogens with zero attached hydrogens (tertiary/aromatic N) is 2. The van der Waals surface area contributed by atoms with Gasteiger partial charge in [0.25, 0.3) is 11.8 Å². The van der Waals surface area contributed by atoms with Crippen LogP contribution in [0, 0.1) is 11.8 Å². The molecule has 2 amide bonds. The van der Waals surface area contributed by atoms with E-state index in [1.807, 2.05) is 58.3 Å². The summed E-state index contributed by atoms with van der Waals surface area (Å²) < 4.78 is 21.9. The highest BCUT2D eigenvalue weighted by molar-refractivity contribution is 7.17. The monoisotopic (exact) mass is 908 g/mol. The largest absolute Gasteiger partial charge is 0.514 e. The van der Waals surface area contributed by atoms with Gasteiger partial charge >= 0.3 is 12.3 Å². The summed E-state index contributed by atoms with van der Waals surface area (Å²) in [6.07, 6.45) is 6.41. The minimum absolute atomic E-state index is 0.155. The number of carbonyl (C=O) groups is 4. The van der Waals surface area contributed by atoms with Gasteiger partial charge in [-0.05, 0) is 126 Å². The van der Waals surface area contributed by atoms with Gasteiger partial charge < -0.3 is 28.7 Å². The molecule has 0 saturated heterocycles. The van der Waals surface area contributed by atoms with Gasteiger partial charge in [0.1, 0.15) is 22.7 Å². The van der Waals surface area contributed by atoms with Crippen LogP contribution in [0.25, 0.3) is 32.3 Å². The Morgan fingerprint density at radius 3 is 1.28 bits per heavy atom. The normalized spacial score (nSPS) is 15.2. The lowest BCUT2D eigenvalue weighted by Gasteiger charge is -2.29. The predicted molar refractivity (Wildman–Crippen MR) is 257 cm³/mol. The van der Waals surface area contributed by atoms with Gasteiger partial charge in [-0.25, -0.2) is 9.59 Å². The molecule has 0 aliphatic carbocycles. The number of hydrogen-bond donors (Lipinski definition) is 0. The van der Waals surface area contributed by atoms with Crippen molar-refractivity contribution in [3.63, 3.8) is 0 Å². The number of rotatable bonds is 18. The van der Waals surface area contributed by atoms with Crippen molar-refractivity contribution >= 4 is 58.2 Å². The van der Waals surface area contributed by atoms with Gasteiger partial charge in [0.05, 0.1) is 32.3 Å². The zero-order valence-electron chi connectivity index (χ0n) is 39.1. The summed E-state index contributed by atoms with van der Waals surface area (Å²) in [5.41, 5.74) is 2.48. The van der Waals surface area contributed by atoms with Crippen LogP contribution in [0.1, 0.15) is 130 Å². The highest BCUT2D eigenvalue weighted by atomic mass is 32.1. The van der Waals surface area contributed by atoms with Crippen molar-refractivity contribution in [2.75, 3.05) is 13.1 Å². The molecule has 0 fully saturated rings. The number of carbonyl (C=O) groups excluding carboxylic acids is 4. The minimum Gasteiger partial charge on any atom is -0.428 e. The van der Waals surface area contributed by atoms with Crippen LogP contribution in [0.2, 0.25) is 0 Å². The lowest BCUT2D eigenvalue weighted by Crippen LogP contribution is -2.34. The molecule has 0 radical (unpaired) electrons. The van der Waals surface area contributed by atoms with Crippen molar-refractivity contribution in [2.24, 2.45) is 11.8 Å². The molecule has 4 aromatic rings. The molecule has 342 valence electrons. The minimum atomic E-state index is -0.782. The van der Waals surface area contributed by atoms with Gasteiger partial charge in [-0.3, -0.25) is 9.59 Å². The highest BCUT2D eigenvalue weighted by Gasteiger charge is 2.50. The van der Waals surface area contributed by atoms with Crippen LogP contribution < -0.4 is 9.47 Å². The third-order valence-electron chi connectivity index (χ3n) is 11.2. The van der Waals surface area contributed by atoms with E-state index in [1.54, 1.807) is 65.8 Å². The van der Waals surface area contributed by atoms with Gasteiger partial charge in [-0.15, -0.1) is 22.7 Å². The summed E-state index contributed by atoms with van der Waals surface area (Å²) in [5.74, 6) is 0.889. The van der Waals surface area contributed by atoms with Crippen molar-refractivity contribution in [1.82, 2.24) is 9.80 Å². The highest BCUT2D eigenvalue weighted by Crippen LogP contribution is 2.51. The third-order valence-corrected chi connectivity index (χ3v) is 13.5. The van der Waals surface area contributed by atoms with Gasteiger partial charge in [0.2, 0.25) is 0 Å². The number of benzene rings is 2. The van der Waals surface area contributed by atoms with E-state index in [2.05, 4.69) is 27.7 Å². The van der Waals surface area contributed by atoms with Crippen molar-refractivity contribution in [3.8, 4) is 32.4 Å². The number of thiophene rings is 2. The fourth-order valence-corrected chi connectivity index (χ4v) is 10.1. The van der Waals surface area contributed by atoms with Crippen LogP contribution in [-0.2, 0) is 19.1 Å². The first-order valence-corrected chi connectivity index (χ1v) is 24.4. The van der Waals surface area contributed by atoms with Crippen molar-refractivity contribution < 1.29 is 38.1 Å². The second-order valence-electron chi connectivity index (χ2n) is 18.6. The standard InChI is InChI=1S/C52H64N2O8S2/c1-11-15-19-33(13-3)31-53-45(41-27-25-39(63-41)35-21-17-23-37(29-35)59-49(57)61-51(5,6)7)43-44(47(53)55)46(54(48(43)56)32-34(14-4)20-16-12-2)42-28-26-40(64-42)36-22-18-24-38(30-36)60-50(58)62-52(8,9)10/h17-18,21-30,33-34H,11-16,19-20,31-32H2,1-10H3. The third kappa shape index (κ3) is 11.7. The number of ether oxygens (including phenoxy) is 4. The van der Waals surface area contributed by atoms with Crippen LogP contribution in [0.5, 0.6) is 11.5 Å². The molecular weight excluding hydrogens is 845 g/mol. The molecule has 2 unspecified atom stereocenters. The number of hydrogen-bond acceptors (Lipinski definition) is 10. The Kier molecular flexibility index (Phi) is 15.6. The van der Waals surface area contributed by atoms with Crippen LogP contribution in [-0.4, -0.2) is 58.2 Å². The molecule has 2 atom stereocenters. The van der Waals surface area contributed by atoms with E-state index in [4.69, 9.17) is 18.9 Å². The van der Waals surface area contributed by atoms with E-state index in [9.17, 15) is 9.59 Å². The molecule has 10 nitrogen and oxygen atoms in total. The summed E-state index contributed by atoms with van der Waals surface area (Å²) >= 11 is 3.02. The van der Waals surface area contributed by atoms with Crippen molar-refractivity contribution in [1.29, 1.82) is 0 Å². The molecule has 2 aliphatic rings. The molecule has 2 aromatic carbocycles. The van der Waals surface area contributed by atoms with Gasteiger partial charge in [0, 0.05) is 22.8 Å². The lowest BCUT2D eigenvalue weighted by molar-refractivity contribution is -0.124. The first-order chi connectivity index (χ1) is 30.4. The first kappa shape index (κ1) is 48.3. The Balaban J connectivity index is 1.46. The second-order valence-corrected chi connectivity index (χ2v) is 20.8. The Morgan fingerprint density at radius 1 is 0.562 bits per heavy atom. The molecule has 0 saturated carbocycles. The quantitative estimate of drug-likeness (QED) is 0.0717. The van der Waals surface area contributed by atoms with Crippen LogP contribution >= 0.6 is 22.7 Å². The van der Waals surface area contributed by atoms with E-state index >= 15 is 9.59 Å². The summed E-state index contributed by atoms with van der Waals surface area (Å²) in [6, 6.07) is 22.6. The fraction of sp³-hybridized carbons (Fsp3) is 0.462. The van der Waals surface area contributed by atoms with Gasteiger partial charge in [-0.1, -0.05) is 90.5 Å². The van der Waals surface area contributed by atoms with Crippen LogP contribution in [0.15, 0.2) is 83.9 Å². The smallest absolute Gasteiger partial charge is 0.428 e. The molecule has 6 rings (SSSR count). The van der Waals surface area contributed by atoms with E-state index in [-0.39, 0.29) is 23.7 Å². The van der Waals surface area contributed by atoms with Crippen molar-refractivity contribution in [3.05, 3.63) is 93.7 Å². The van der Waals surface area contributed by atoms with E-state index in [0.717, 1.165) is 82.0 Å². The molecule has 4 heterocycles. The molecule has 0 N–H and O–H groups in total. The fourth-order valence-electron chi connectivity index (χ4n) is 8.01. The Morgan fingerprint density at radius 2 is 0.938 bits per heavy atom. The molecule has 64 heavy (non-hydrogen) atoms. The summed E-state index contributed by atoms with van der Waals surface area (Å²) in [4.78, 5) is 62.8. The molecule has 0 spiro atoms. The first-order valence-electron chi connectivity index (χ1n) is 22.8. The Labute approximate surface area is 387 Å². The second kappa shape index (κ2) is 20.7. The van der Waals surface area contributed by atoms with Crippen LogP contribution in [0.3, 0.4) is 0 Å². The maximum Gasteiger partial charge on any atom is 0.514 e. The SMILES string of the molecule is CCCCC(CC)CN1C(=O)C2=C(c3ccc(-c4cccc(OC(=O)OC(C)(C)C)c4)s3)N(CC(CC)CCCC)C(=O)C2=C1c1ccc(-c2cccc(OC(=O)OC(C)(C)C)c2)s1. The Bertz CT molecular complexity index is 2230. The van der Waals surface area contributed by atoms with E-state index < -0.39 is 23.5 Å². The van der Waals surface area contributed by atoms with Gasteiger partial charge in [-0.2, -0.15) is 0 Å². The van der Waals surface area contributed by atoms with E-state index in [1.165, 1.54) is 22.7 Å². The molecule has 0 bridgehead atoms. The summed E-state index contributed by atoms with van der Waals surface area (Å²) in [7, 11) is 0. The maximum absolute atomic E-state index is 15.3. The maximum atomic E-state index is 15.3. The average Bonchev–Trinajstić information content (AvgIpc) is 4.02. The lowest BCUT2D eigenvalue weighted by atomic mass is 9.98. The summed E-state index contributed by atoms with van der Waals surface area (Å²) in [6.45, 7) is 20.4. The number of amides is 2. The molecular formula is C52H64N2O8S2. The molecule has 2 aromatic heterocycles. The summed E-state index contributed by atoms with van der Waals surface area (Å²) in [5, 5.41) is 0. The average molecular weight is 909 g/mol. The van der Waals surface area contributed by atoms with Crippen molar-refractivity contribution in [2.45, 2.75) is 132 Å². The van der Waals surface area contributed by atoms with Crippen LogP contribution in [0.4, 0.5) is 9.59 Å². The zero-order chi connectivity index (χ0) is 46.3. The Hall–Kier alpha value is -5.20. The molecule has 2 aliphatic heterocycles. The number of fused-ring (bicyclic) bond motifs is 1. The zero-order valence-corrected chi connectivity index (χ0v) is 40.8. The van der Waals surface area contributed by atoms with E-state index in [0.29, 0.717) is 47.1 Å². The molecule has 12 heteroatoms. The van der Waals surface area contributed by atoms with Gasteiger partial charge in [0.15, 0.2) is 0 Å². The predicted octanol–water partition coefficient (Wildman–Crippen LogP) is 14.0. The number of unbranched alkanes of at least 4 members (excludes halogenated alkanes) is 2.